The lowest BCUT2D eigenvalue weighted by Crippen LogP contribution is -2.46. The van der Waals surface area contributed by atoms with Crippen LogP contribution in [0.5, 0.6) is 0 Å². The van der Waals surface area contributed by atoms with Crippen LogP contribution in [0.15, 0.2) is 53.5 Å². The predicted molar refractivity (Wildman–Crippen MR) is 107 cm³/mol. The van der Waals surface area contributed by atoms with Crippen LogP contribution < -0.4 is 10.5 Å². The summed E-state index contributed by atoms with van der Waals surface area (Å²) in [5.74, 6) is 0. The van der Waals surface area contributed by atoms with Crippen molar-refractivity contribution in [3.63, 3.8) is 0 Å². The number of hydrogen-bond acceptors (Lipinski definition) is 7. The lowest BCUT2D eigenvalue weighted by atomic mass is 10.1. The number of hydrogen-bond donors (Lipinski definition) is 0. The highest BCUT2D eigenvalue weighted by Gasteiger charge is 2.21. The summed E-state index contributed by atoms with van der Waals surface area (Å²) in [5.41, 5.74) is 2.17. The maximum atomic E-state index is 12.2. The average molecular weight is 390 g/mol. The number of fused-ring (bicyclic) bond motifs is 1. The zero-order valence-electron chi connectivity index (χ0n) is 15.6. The van der Waals surface area contributed by atoms with Gasteiger partial charge in [-0.3, -0.25) is 24.2 Å². The van der Waals surface area contributed by atoms with E-state index in [4.69, 9.17) is 0 Å². The molecule has 9 nitrogen and oxygen atoms in total. The summed E-state index contributed by atoms with van der Waals surface area (Å²) in [6.07, 6.45) is 1.70. The molecule has 0 N–H and O–H groups in total. The van der Waals surface area contributed by atoms with E-state index in [1.165, 1.54) is 16.5 Å². The predicted octanol–water partition coefficient (Wildman–Crippen LogP) is 1.80. The first-order chi connectivity index (χ1) is 14.0. The van der Waals surface area contributed by atoms with Crippen molar-refractivity contribution in [2.45, 2.75) is 6.54 Å². The van der Waals surface area contributed by atoms with Crippen molar-refractivity contribution in [3.8, 4) is 6.07 Å². The van der Waals surface area contributed by atoms with Crippen molar-refractivity contribution in [1.29, 1.82) is 5.26 Å². The molecule has 0 bridgehead atoms. The molecule has 1 aliphatic rings. The average Bonchev–Trinajstić information content (AvgIpc) is 2.74. The van der Waals surface area contributed by atoms with Crippen LogP contribution in [0.3, 0.4) is 0 Å². The second-order valence-electron chi connectivity index (χ2n) is 6.85. The third-order valence-electron chi connectivity index (χ3n) is 5.03. The molecule has 1 fully saturated rings. The molecule has 0 unspecified atom stereocenters. The molecule has 3 aromatic rings. The zero-order valence-corrected chi connectivity index (χ0v) is 15.6. The molecule has 1 aliphatic heterocycles. The Labute approximate surface area is 166 Å². The Morgan fingerprint density at radius 2 is 1.93 bits per heavy atom. The number of piperazine rings is 1. The van der Waals surface area contributed by atoms with Crippen LogP contribution in [0.1, 0.15) is 11.3 Å². The van der Waals surface area contributed by atoms with Crippen LogP contribution in [0.4, 0.5) is 11.4 Å². The number of aromatic nitrogens is 2. The van der Waals surface area contributed by atoms with Crippen molar-refractivity contribution in [1.82, 2.24) is 14.3 Å². The number of nitrogens with zero attached hydrogens (tertiary/aromatic N) is 6. The summed E-state index contributed by atoms with van der Waals surface area (Å²) in [5, 5.41) is 20.3. The van der Waals surface area contributed by atoms with E-state index in [1.807, 2.05) is 6.07 Å². The van der Waals surface area contributed by atoms with Gasteiger partial charge in [-0.15, -0.1) is 0 Å². The normalized spacial score (nSPS) is 14.7. The van der Waals surface area contributed by atoms with Crippen LogP contribution in [0.25, 0.3) is 5.65 Å². The summed E-state index contributed by atoms with van der Waals surface area (Å²) in [6, 6.07) is 13.4. The molecule has 29 heavy (non-hydrogen) atoms. The van der Waals surface area contributed by atoms with Crippen molar-refractivity contribution < 1.29 is 4.92 Å². The van der Waals surface area contributed by atoms with E-state index >= 15 is 0 Å². The monoisotopic (exact) mass is 390 g/mol. The third kappa shape index (κ3) is 3.79. The smallest absolute Gasteiger partial charge is 0.270 e. The lowest BCUT2D eigenvalue weighted by Gasteiger charge is -2.36. The van der Waals surface area contributed by atoms with Crippen molar-refractivity contribution in [2.75, 3.05) is 31.1 Å². The van der Waals surface area contributed by atoms with Gasteiger partial charge in [0.1, 0.15) is 11.7 Å². The summed E-state index contributed by atoms with van der Waals surface area (Å²) in [6.45, 7) is 3.40. The van der Waals surface area contributed by atoms with Crippen LogP contribution >= 0.6 is 0 Å². The number of benzene rings is 1. The SMILES string of the molecule is N#Cc1cc([N+](=O)[O-])ccc1N1CCN(Cc2cc(=O)n3ccccc3n2)CC1. The minimum Gasteiger partial charge on any atom is -0.368 e. The number of non-ortho nitro benzene ring substituents is 1. The van der Waals surface area contributed by atoms with Gasteiger partial charge < -0.3 is 4.90 Å². The largest absolute Gasteiger partial charge is 0.368 e. The number of nitro benzene ring substituents is 1. The van der Waals surface area contributed by atoms with E-state index in [0.29, 0.717) is 36.5 Å². The van der Waals surface area contributed by atoms with Gasteiger partial charge >= 0.3 is 0 Å². The molecule has 0 aliphatic carbocycles. The maximum absolute atomic E-state index is 12.2. The molecule has 2 aromatic heterocycles. The molecular formula is C20H18N6O3. The fourth-order valence-electron chi connectivity index (χ4n) is 3.56. The second kappa shape index (κ2) is 7.69. The highest BCUT2D eigenvalue weighted by molar-refractivity contribution is 5.63. The zero-order chi connectivity index (χ0) is 20.4. The van der Waals surface area contributed by atoms with E-state index in [-0.39, 0.29) is 11.2 Å². The molecular weight excluding hydrogens is 372 g/mol. The topological polar surface area (TPSA) is 108 Å². The van der Waals surface area contributed by atoms with E-state index in [1.54, 1.807) is 30.5 Å². The molecule has 1 saturated heterocycles. The van der Waals surface area contributed by atoms with Gasteiger partial charge in [-0.05, 0) is 18.2 Å². The minimum absolute atomic E-state index is 0.0856. The molecule has 9 heteroatoms. The fourth-order valence-corrected chi connectivity index (χ4v) is 3.56. The highest BCUT2D eigenvalue weighted by atomic mass is 16.6. The summed E-state index contributed by atoms with van der Waals surface area (Å²) >= 11 is 0. The Bertz CT molecular complexity index is 1170. The van der Waals surface area contributed by atoms with Crippen molar-refractivity contribution in [2.24, 2.45) is 0 Å². The van der Waals surface area contributed by atoms with E-state index in [9.17, 15) is 20.2 Å². The molecule has 0 atom stereocenters. The number of rotatable bonds is 4. The van der Waals surface area contributed by atoms with Gasteiger partial charge in [0.05, 0.1) is 21.9 Å². The Balaban J connectivity index is 1.46. The minimum atomic E-state index is -0.498. The summed E-state index contributed by atoms with van der Waals surface area (Å²) in [7, 11) is 0. The molecule has 0 amide bonds. The Kier molecular flexibility index (Phi) is 4.93. The van der Waals surface area contributed by atoms with E-state index in [0.717, 1.165) is 18.8 Å². The molecule has 4 rings (SSSR count). The number of nitriles is 1. The number of nitro groups is 1. The lowest BCUT2D eigenvalue weighted by molar-refractivity contribution is -0.384. The fraction of sp³-hybridized carbons (Fsp3) is 0.250. The van der Waals surface area contributed by atoms with Crippen LogP contribution in [0, 0.1) is 21.4 Å². The van der Waals surface area contributed by atoms with Gasteiger partial charge in [0.25, 0.3) is 11.2 Å². The molecule has 0 saturated carbocycles. The first-order valence-electron chi connectivity index (χ1n) is 9.18. The van der Waals surface area contributed by atoms with Gasteiger partial charge in [0, 0.05) is 57.1 Å². The van der Waals surface area contributed by atoms with Gasteiger partial charge in [0.15, 0.2) is 0 Å². The summed E-state index contributed by atoms with van der Waals surface area (Å²) in [4.78, 5) is 31.5. The van der Waals surface area contributed by atoms with E-state index in [2.05, 4.69) is 20.9 Å². The van der Waals surface area contributed by atoms with Gasteiger partial charge in [-0.25, -0.2) is 4.98 Å². The Morgan fingerprint density at radius 3 is 2.66 bits per heavy atom. The van der Waals surface area contributed by atoms with Gasteiger partial charge in [0.2, 0.25) is 0 Å². The molecule has 1 aromatic carbocycles. The quantitative estimate of drug-likeness (QED) is 0.494. The Hall–Kier alpha value is -3.77. The maximum Gasteiger partial charge on any atom is 0.270 e. The van der Waals surface area contributed by atoms with Crippen LogP contribution in [0.2, 0.25) is 0 Å². The third-order valence-corrected chi connectivity index (χ3v) is 5.03. The standard InChI is InChI=1S/C20H18N6O3/c21-13-15-11-17(26(28)29)4-5-18(15)24-9-7-23(8-10-24)14-16-12-20(27)25-6-2-1-3-19(25)22-16/h1-6,11-12H,7-10,14H2. The Morgan fingerprint density at radius 1 is 1.14 bits per heavy atom. The van der Waals surface area contributed by atoms with Crippen molar-refractivity contribution >= 4 is 17.0 Å². The highest BCUT2D eigenvalue weighted by Crippen LogP contribution is 2.26. The van der Waals surface area contributed by atoms with Gasteiger partial charge in [-0.1, -0.05) is 6.07 Å². The van der Waals surface area contributed by atoms with Crippen LogP contribution in [-0.4, -0.2) is 45.4 Å². The molecule has 3 heterocycles. The molecule has 0 radical (unpaired) electrons. The van der Waals surface area contributed by atoms with Crippen molar-refractivity contribution in [3.05, 3.63) is 80.4 Å². The first-order valence-corrected chi connectivity index (χ1v) is 9.18. The summed E-state index contributed by atoms with van der Waals surface area (Å²) < 4.78 is 1.51. The van der Waals surface area contributed by atoms with Gasteiger partial charge in [-0.2, -0.15) is 5.26 Å². The first kappa shape index (κ1) is 18.6. The number of anilines is 1. The molecule has 0 spiro atoms. The number of pyridine rings is 1. The molecule has 146 valence electrons. The van der Waals surface area contributed by atoms with E-state index < -0.39 is 4.92 Å². The van der Waals surface area contributed by atoms with Crippen LogP contribution in [-0.2, 0) is 6.54 Å². The second-order valence-corrected chi connectivity index (χ2v) is 6.85.